The number of pyridine rings is 1. The molecular formula is C14H19F3N2. The Morgan fingerprint density at radius 3 is 2.21 bits per heavy atom. The Morgan fingerprint density at radius 1 is 1.11 bits per heavy atom. The van der Waals surface area contributed by atoms with Crippen molar-refractivity contribution in [2.45, 2.75) is 39.5 Å². The van der Waals surface area contributed by atoms with E-state index in [4.69, 9.17) is 0 Å². The Morgan fingerprint density at radius 2 is 1.68 bits per heavy atom. The van der Waals surface area contributed by atoms with Crippen molar-refractivity contribution in [1.29, 1.82) is 0 Å². The van der Waals surface area contributed by atoms with Gasteiger partial charge in [-0.1, -0.05) is 26.7 Å². The summed E-state index contributed by atoms with van der Waals surface area (Å²) >= 11 is 0. The molecule has 0 radical (unpaired) electrons. The van der Waals surface area contributed by atoms with Crippen LogP contribution >= 0.6 is 0 Å². The summed E-state index contributed by atoms with van der Waals surface area (Å²) in [7, 11) is 0. The third-order valence-electron chi connectivity index (χ3n) is 4.49. The molecule has 1 aromatic heterocycles. The standard InChI is InChI=1S/C14H19F3N2/c1-3-14(4-2)5-7-19(8-6-14)13-11(16)9-10(15)12(17)18-13/h9H,3-8H2,1-2H3. The highest BCUT2D eigenvalue weighted by molar-refractivity contribution is 5.40. The highest BCUT2D eigenvalue weighted by Gasteiger charge is 2.32. The summed E-state index contributed by atoms with van der Waals surface area (Å²) in [6.07, 6.45) is 4.04. The summed E-state index contributed by atoms with van der Waals surface area (Å²) in [5.41, 5.74) is 0.297. The summed E-state index contributed by atoms with van der Waals surface area (Å²) < 4.78 is 39.6. The fraction of sp³-hybridized carbons (Fsp3) is 0.643. The van der Waals surface area contributed by atoms with Gasteiger partial charge in [-0.25, -0.2) is 8.78 Å². The quantitative estimate of drug-likeness (QED) is 0.776. The Kier molecular flexibility index (Phi) is 4.02. The average Bonchev–Trinajstić information content (AvgIpc) is 2.43. The lowest BCUT2D eigenvalue weighted by atomic mass is 9.74. The van der Waals surface area contributed by atoms with Crippen LogP contribution in [0, 0.1) is 23.0 Å². The molecule has 2 rings (SSSR count). The number of halogens is 3. The SMILES string of the molecule is CCC1(CC)CCN(c2nc(F)c(F)cc2F)CC1. The minimum atomic E-state index is -1.24. The average molecular weight is 272 g/mol. The zero-order valence-corrected chi connectivity index (χ0v) is 11.3. The summed E-state index contributed by atoms with van der Waals surface area (Å²) in [6, 6.07) is 0.569. The number of piperidine rings is 1. The molecule has 1 saturated heterocycles. The largest absolute Gasteiger partial charge is 0.354 e. The van der Waals surface area contributed by atoms with Crippen LogP contribution in [0.4, 0.5) is 19.0 Å². The maximum atomic E-state index is 13.7. The van der Waals surface area contributed by atoms with Crippen molar-refractivity contribution in [1.82, 2.24) is 4.98 Å². The number of aromatic nitrogens is 1. The molecule has 1 aliphatic heterocycles. The fourth-order valence-corrected chi connectivity index (χ4v) is 2.81. The van der Waals surface area contributed by atoms with Gasteiger partial charge in [-0.15, -0.1) is 0 Å². The predicted octanol–water partition coefficient (Wildman–Crippen LogP) is 3.91. The van der Waals surface area contributed by atoms with Crippen molar-refractivity contribution in [2.24, 2.45) is 5.41 Å². The lowest BCUT2D eigenvalue weighted by Crippen LogP contribution is -2.40. The van der Waals surface area contributed by atoms with Crippen molar-refractivity contribution in [3.8, 4) is 0 Å². The zero-order valence-electron chi connectivity index (χ0n) is 11.3. The molecule has 2 heterocycles. The van der Waals surface area contributed by atoms with Gasteiger partial charge in [0.25, 0.3) is 5.95 Å². The van der Waals surface area contributed by atoms with E-state index in [2.05, 4.69) is 18.8 Å². The molecule has 0 saturated carbocycles. The molecule has 1 aliphatic rings. The van der Waals surface area contributed by atoms with E-state index in [1.54, 1.807) is 4.90 Å². The molecule has 19 heavy (non-hydrogen) atoms. The number of hydrogen-bond donors (Lipinski definition) is 0. The first-order valence-corrected chi connectivity index (χ1v) is 6.78. The summed E-state index contributed by atoms with van der Waals surface area (Å²) in [6.45, 7) is 5.60. The van der Waals surface area contributed by atoms with Crippen molar-refractivity contribution in [3.05, 3.63) is 23.6 Å². The molecule has 5 heteroatoms. The van der Waals surface area contributed by atoms with Gasteiger partial charge < -0.3 is 4.90 Å². The summed E-state index contributed by atoms with van der Waals surface area (Å²) in [5.74, 6) is -3.34. The molecule has 0 atom stereocenters. The van der Waals surface area contributed by atoms with Crippen molar-refractivity contribution in [2.75, 3.05) is 18.0 Å². The van der Waals surface area contributed by atoms with Gasteiger partial charge in [0.05, 0.1) is 0 Å². The van der Waals surface area contributed by atoms with E-state index < -0.39 is 17.6 Å². The van der Waals surface area contributed by atoms with Crippen LogP contribution in [0.3, 0.4) is 0 Å². The number of rotatable bonds is 3. The number of hydrogen-bond acceptors (Lipinski definition) is 2. The lowest BCUT2D eigenvalue weighted by Gasteiger charge is -2.41. The van der Waals surface area contributed by atoms with Crippen LogP contribution in [-0.4, -0.2) is 18.1 Å². The van der Waals surface area contributed by atoms with Crippen molar-refractivity contribution < 1.29 is 13.2 Å². The van der Waals surface area contributed by atoms with Crippen LogP contribution in [0.1, 0.15) is 39.5 Å². The van der Waals surface area contributed by atoms with Gasteiger partial charge in [-0.05, 0) is 18.3 Å². The van der Waals surface area contributed by atoms with E-state index in [0.29, 0.717) is 24.6 Å². The molecule has 0 N–H and O–H groups in total. The van der Waals surface area contributed by atoms with E-state index >= 15 is 0 Å². The predicted molar refractivity (Wildman–Crippen MR) is 68.6 cm³/mol. The Labute approximate surface area is 111 Å². The minimum Gasteiger partial charge on any atom is -0.354 e. The van der Waals surface area contributed by atoms with E-state index in [-0.39, 0.29) is 5.82 Å². The molecule has 2 nitrogen and oxygen atoms in total. The van der Waals surface area contributed by atoms with Gasteiger partial charge >= 0.3 is 0 Å². The first-order valence-electron chi connectivity index (χ1n) is 6.78. The highest BCUT2D eigenvalue weighted by Crippen LogP contribution is 2.39. The molecule has 1 fully saturated rings. The van der Waals surface area contributed by atoms with Crippen molar-refractivity contribution in [3.63, 3.8) is 0 Å². The monoisotopic (exact) mass is 272 g/mol. The van der Waals surface area contributed by atoms with Crippen LogP contribution in [0.5, 0.6) is 0 Å². The molecule has 0 aliphatic carbocycles. The van der Waals surface area contributed by atoms with Gasteiger partial charge in [0, 0.05) is 19.2 Å². The second kappa shape index (κ2) is 5.39. The third kappa shape index (κ3) is 2.69. The second-order valence-electron chi connectivity index (χ2n) is 5.26. The van der Waals surface area contributed by atoms with Crippen LogP contribution in [-0.2, 0) is 0 Å². The third-order valence-corrected chi connectivity index (χ3v) is 4.49. The topological polar surface area (TPSA) is 16.1 Å². The van der Waals surface area contributed by atoms with Crippen LogP contribution in [0.2, 0.25) is 0 Å². The normalized spacial score (nSPS) is 18.7. The number of nitrogens with zero attached hydrogens (tertiary/aromatic N) is 2. The van der Waals surface area contributed by atoms with Gasteiger partial charge in [0.2, 0.25) is 0 Å². The molecule has 0 unspecified atom stereocenters. The maximum absolute atomic E-state index is 13.7. The molecule has 0 spiro atoms. The van der Waals surface area contributed by atoms with Crippen LogP contribution in [0.15, 0.2) is 6.07 Å². The summed E-state index contributed by atoms with van der Waals surface area (Å²) in [4.78, 5) is 5.11. The molecule has 106 valence electrons. The molecule has 0 aromatic carbocycles. The van der Waals surface area contributed by atoms with Gasteiger partial charge in [-0.3, -0.25) is 0 Å². The second-order valence-corrected chi connectivity index (χ2v) is 5.26. The molecule has 0 amide bonds. The van der Waals surface area contributed by atoms with E-state index in [1.165, 1.54) is 0 Å². The Bertz CT molecular complexity index is 448. The van der Waals surface area contributed by atoms with E-state index in [1.807, 2.05) is 0 Å². The minimum absolute atomic E-state index is 0.0697. The first-order chi connectivity index (χ1) is 9.01. The number of anilines is 1. The Balaban J connectivity index is 2.16. The van der Waals surface area contributed by atoms with Gasteiger partial charge in [0.15, 0.2) is 17.5 Å². The van der Waals surface area contributed by atoms with Crippen molar-refractivity contribution >= 4 is 5.82 Å². The maximum Gasteiger partial charge on any atom is 0.251 e. The van der Waals surface area contributed by atoms with Crippen LogP contribution < -0.4 is 4.90 Å². The highest BCUT2D eigenvalue weighted by atomic mass is 19.2. The van der Waals surface area contributed by atoms with Gasteiger partial charge in [-0.2, -0.15) is 9.37 Å². The van der Waals surface area contributed by atoms with Crippen LogP contribution in [0.25, 0.3) is 0 Å². The van der Waals surface area contributed by atoms with E-state index in [9.17, 15) is 13.2 Å². The summed E-state index contributed by atoms with van der Waals surface area (Å²) in [5, 5.41) is 0. The fourth-order valence-electron chi connectivity index (χ4n) is 2.81. The first kappa shape index (κ1) is 14.2. The molecular weight excluding hydrogens is 253 g/mol. The Hall–Kier alpha value is -1.26. The molecule has 0 bridgehead atoms. The van der Waals surface area contributed by atoms with E-state index in [0.717, 1.165) is 25.7 Å². The molecule has 1 aromatic rings. The van der Waals surface area contributed by atoms with Gasteiger partial charge in [0.1, 0.15) is 0 Å². The smallest absolute Gasteiger partial charge is 0.251 e. The lowest BCUT2D eigenvalue weighted by molar-refractivity contribution is 0.198. The zero-order chi connectivity index (χ0) is 14.0.